The van der Waals surface area contributed by atoms with E-state index in [4.69, 9.17) is 11.6 Å². The first-order valence-corrected chi connectivity index (χ1v) is 6.70. The van der Waals surface area contributed by atoms with E-state index in [1.807, 2.05) is 19.1 Å². The van der Waals surface area contributed by atoms with E-state index in [1.54, 1.807) is 6.07 Å². The number of hydrogen-bond acceptors (Lipinski definition) is 2. The number of hydrogen-bond donors (Lipinski definition) is 2. The first kappa shape index (κ1) is 13.9. The maximum Gasteiger partial charge on any atom is 0.257 e. The molecule has 0 aromatic heterocycles. The molecule has 0 unspecified atom stereocenters. The molecule has 5 heteroatoms. The molecule has 0 aliphatic rings. The van der Waals surface area contributed by atoms with Crippen molar-refractivity contribution in [2.24, 2.45) is 0 Å². The van der Waals surface area contributed by atoms with Crippen molar-refractivity contribution >= 4 is 39.1 Å². The minimum absolute atomic E-state index is 0.0000252. The van der Waals surface area contributed by atoms with E-state index in [0.29, 0.717) is 10.7 Å². The van der Waals surface area contributed by atoms with Gasteiger partial charge in [-0.15, -0.1) is 0 Å². The van der Waals surface area contributed by atoms with Gasteiger partial charge in [0.05, 0.1) is 10.6 Å². The molecule has 0 spiro atoms. The zero-order chi connectivity index (χ0) is 14.0. The molecule has 0 radical (unpaired) electrons. The molecular weight excluding hydrogens is 330 g/mol. The summed E-state index contributed by atoms with van der Waals surface area (Å²) >= 11 is 9.31. The van der Waals surface area contributed by atoms with E-state index in [0.717, 1.165) is 10.0 Å². The van der Waals surface area contributed by atoms with Gasteiger partial charge < -0.3 is 10.4 Å². The molecule has 3 nitrogen and oxygen atoms in total. The number of nitrogens with one attached hydrogen (secondary N) is 1. The predicted octanol–water partition coefficient (Wildman–Crippen LogP) is 4.37. The standard InChI is InChI=1S/C14H11BrClNO2/c1-8-4-9(15)6-10(5-8)17-14(19)12-7-11(18)2-3-13(12)16/h2-7,18H,1H3,(H,17,19). The van der Waals surface area contributed by atoms with Gasteiger partial charge in [-0.3, -0.25) is 4.79 Å². The predicted molar refractivity (Wildman–Crippen MR) is 79.9 cm³/mol. The van der Waals surface area contributed by atoms with Gasteiger partial charge in [-0.1, -0.05) is 27.5 Å². The summed E-state index contributed by atoms with van der Waals surface area (Å²) in [6.45, 7) is 1.93. The number of anilines is 1. The summed E-state index contributed by atoms with van der Waals surface area (Å²) in [4.78, 5) is 12.1. The van der Waals surface area contributed by atoms with Crippen molar-refractivity contribution in [1.29, 1.82) is 0 Å². The lowest BCUT2D eigenvalue weighted by Crippen LogP contribution is -2.12. The molecule has 1 amide bonds. The van der Waals surface area contributed by atoms with E-state index < -0.39 is 0 Å². The van der Waals surface area contributed by atoms with Crippen LogP contribution >= 0.6 is 27.5 Å². The van der Waals surface area contributed by atoms with Crippen molar-refractivity contribution in [1.82, 2.24) is 0 Å². The molecule has 2 aromatic carbocycles. The van der Waals surface area contributed by atoms with Crippen LogP contribution in [0, 0.1) is 6.92 Å². The van der Waals surface area contributed by atoms with Gasteiger partial charge in [0.15, 0.2) is 0 Å². The topological polar surface area (TPSA) is 49.3 Å². The van der Waals surface area contributed by atoms with Crippen molar-refractivity contribution in [3.8, 4) is 5.75 Å². The fourth-order valence-electron chi connectivity index (χ4n) is 1.69. The summed E-state index contributed by atoms with van der Waals surface area (Å²) in [7, 11) is 0. The number of halogens is 2. The highest BCUT2D eigenvalue weighted by Gasteiger charge is 2.12. The highest BCUT2D eigenvalue weighted by atomic mass is 79.9. The molecule has 0 fully saturated rings. The average molecular weight is 341 g/mol. The summed E-state index contributed by atoms with van der Waals surface area (Å²) in [6.07, 6.45) is 0. The minimum Gasteiger partial charge on any atom is -0.508 e. The fourth-order valence-corrected chi connectivity index (χ4v) is 2.51. The Bertz CT molecular complexity index is 623. The number of carbonyl (C=O) groups excluding carboxylic acids is 1. The number of rotatable bonds is 2. The molecule has 0 saturated carbocycles. The smallest absolute Gasteiger partial charge is 0.257 e. The van der Waals surface area contributed by atoms with Crippen LogP contribution < -0.4 is 5.32 Å². The number of amides is 1. The number of carbonyl (C=O) groups is 1. The second-order valence-electron chi connectivity index (χ2n) is 4.14. The van der Waals surface area contributed by atoms with Crippen molar-refractivity contribution in [2.75, 3.05) is 5.32 Å². The second-order valence-corrected chi connectivity index (χ2v) is 5.46. The van der Waals surface area contributed by atoms with Crippen molar-refractivity contribution in [2.45, 2.75) is 6.92 Å². The van der Waals surface area contributed by atoms with Crippen LogP contribution in [0.4, 0.5) is 5.69 Å². The summed E-state index contributed by atoms with van der Waals surface area (Å²) in [6, 6.07) is 9.83. The fraction of sp³-hybridized carbons (Fsp3) is 0.0714. The van der Waals surface area contributed by atoms with Gasteiger partial charge in [0.2, 0.25) is 0 Å². The van der Waals surface area contributed by atoms with Crippen LogP contribution in [-0.2, 0) is 0 Å². The van der Waals surface area contributed by atoms with Gasteiger partial charge in [-0.25, -0.2) is 0 Å². The lowest BCUT2D eigenvalue weighted by Gasteiger charge is -2.08. The molecule has 0 saturated heterocycles. The Kier molecular flexibility index (Phi) is 4.12. The largest absolute Gasteiger partial charge is 0.508 e. The van der Waals surface area contributed by atoms with E-state index in [9.17, 15) is 9.90 Å². The molecule has 98 valence electrons. The Balaban J connectivity index is 2.28. The van der Waals surface area contributed by atoms with Crippen LogP contribution in [0.5, 0.6) is 5.75 Å². The van der Waals surface area contributed by atoms with Crippen LogP contribution in [0.3, 0.4) is 0 Å². The third-order valence-electron chi connectivity index (χ3n) is 2.49. The van der Waals surface area contributed by atoms with Crippen molar-refractivity contribution in [3.05, 3.63) is 57.0 Å². The van der Waals surface area contributed by atoms with Crippen LogP contribution in [-0.4, -0.2) is 11.0 Å². The number of phenols is 1. The highest BCUT2D eigenvalue weighted by Crippen LogP contribution is 2.24. The molecule has 2 rings (SSSR count). The lowest BCUT2D eigenvalue weighted by molar-refractivity contribution is 0.102. The SMILES string of the molecule is Cc1cc(Br)cc(NC(=O)c2cc(O)ccc2Cl)c1. The third kappa shape index (κ3) is 3.49. The first-order chi connectivity index (χ1) is 8.95. The maximum absolute atomic E-state index is 12.1. The third-order valence-corrected chi connectivity index (χ3v) is 3.28. The van der Waals surface area contributed by atoms with Gasteiger partial charge in [-0.2, -0.15) is 0 Å². The Hall–Kier alpha value is -1.52. The molecule has 19 heavy (non-hydrogen) atoms. The van der Waals surface area contributed by atoms with Gasteiger partial charge >= 0.3 is 0 Å². The molecular formula is C14H11BrClNO2. The van der Waals surface area contributed by atoms with E-state index in [1.165, 1.54) is 18.2 Å². The zero-order valence-corrected chi connectivity index (χ0v) is 12.4. The number of phenolic OH excluding ortho intramolecular Hbond substituents is 1. The monoisotopic (exact) mass is 339 g/mol. The van der Waals surface area contributed by atoms with Gasteiger partial charge in [0, 0.05) is 10.2 Å². The maximum atomic E-state index is 12.1. The molecule has 0 atom stereocenters. The average Bonchev–Trinajstić information content (AvgIpc) is 2.30. The molecule has 2 N–H and O–H groups in total. The Morgan fingerprint density at radius 2 is 2.00 bits per heavy atom. The quantitative estimate of drug-likeness (QED) is 0.853. The van der Waals surface area contributed by atoms with Crippen LogP contribution in [0.1, 0.15) is 15.9 Å². The normalized spacial score (nSPS) is 10.3. The van der Waals surface area contributed by atoms with E-state index >= 15 is 0 Å². The van der Waals surface area contributed by atoms with E-state index in [-0.39, 0.29) is 17.2 Å². The number of aromatic hydroxyl groups is 1. The molecule has 0 heterocycles. The van der Waals surface area contributed by atoms with Gasteiger partial charge in [-0.05, 0) is 48.9 Å². The molecule has 0 aliphatic heterocycles. The van der Waals surface area contributed by atoms with Crippen LogP contribution in [0.15, 0.2) is 40.9 Å². The van der Waals surface area contributed by atoms with Crippen molar-refractivity contribution < 1.29 is 9.90 Å². The first-order valence-electron chi connectivity index (χ1n) is 5.53. The summed E-state index contributed by atoms with van der Waals surface area (Å²) in [5.41, 5.74) is 1.92. The summed E-state index contributed by atoms with van der Waals surface area (Å²) in [5.74, 6) is -0.363. The summed E-state index contributed by atoms with van der Waals surface area (Å²) < 4.78 is 0.879. The van der Waals surface area contributed by atoms with Gasteiger partial charge in [0.25, 0.3) is 5.91 Å². The van der Waals surface area contributed by atoms with Crippen molar-refractivity contribution in [3.63, 3.8) is 0 Å². The van der Waals surface area contributed by atoms with Gasteiger partial charge in [0.1, 0.15) is 5.75 Å². The molecule has 0 aliphatic carbocycles. The van der Waals surface area contributed by atoms with E-state index in [2.05, 4.69) is 21.2 Å². The Morgan fingerprint density at radius 1 is 1.26 bits per heavy atom. The number of aryl methyl sites for hydroxylation is 1. The molecule has 2 aromatic rings. The number of benzene rings is 2. The zero-order valence-electron chi connectivity index (χ0n) is 10.1. The Morgan fingerprint density at radius 3 is 2.68 bits per heavy atom. The Labute approximate surface area is 124 Å². The van der Waals surface area contributed by atoms with Crippen LogP contribution in [0.25, 0.3) is 0 Å². The molecule has 0 bridgehead atoms. The highest BCUT2D eigenvalue weighted by molar-refractivity contribution is 9.10. The second kappa shape index (κ2) is 5.63. The lowest BCUT2D eigenvalue weighted by atomic mass is 10.1. The van der Waals surface area contributed by atoms with Crippen LogP contribution in [0.2, 0.25) is 5.02 Å². The minimum atomic E-state index is -0.363. The summed E-state index contributed by atoms with van der Waals surface area (Å²) in [5, 5.41) is 12.4.